The predicted octanol–water partition coefficient (Wildman–Crippen LogP) is 2.96. The van der Waals surface area contributed by atoms with Gasteiger partial charge >= 0.3 is 0 Å². The topological polar surface area (TPSA) is 40.5 Å². The summed E-state index contributed by atoms with van der Waals surface area (Å²) in [5, 5.41) is 9.77. The van der Waals surface area contributed by atoms with Crippen molar-refractivity contribution in [3.8, 4) is 5.75 Å². The summed E-state index contributed by atoms with van der Waals surface area (Å²) in [4.78, 5) is 14.0. The monoisotopic (exact) mass is 247 g/mol. The number of rotatable bonds is 3. The molecule has 1 aromatic rings. The van der Waals surface area contributed by atoms with Gasteiger partial charge < -0.3 is 10.0 Å². The number of phenolic OH excluding ortho intramolecular Hbond substituents is 1. The Labute approximate surface area is 108 Å². The highest BCUT2D eigenvalue weighted by atomic mass is 16.3. The van der Waals surface area contributed by atoms with Gasteiger partial charge in [0.1, 0.15) is 5.75 Å². The Morgan fingerprint density at radius 1 is 1.39 bits per heavy atom. The first-order chi connectivity index (χ1) is 8.58. The molecule has 1 aliphatic carbocycles. The number of phenols is 1. The van der Waals surface area contributed by atoms with Crippen LogP contribution in [0.1, 0.15) is 41.6 Å². The van der Waals surface area contributed by atoms with Crippen molar-refractivity contribution in [1.29, 1.82) is 0 Å². The average molecular weight is 247 g/mol. The Balaban J connectivity index is 2.07. The van der Waals surface area contributed by atoms with Crippen molar-refractivity contribution < 1.29 is 9.90 Å². The molecule has 1 aliphatic rings. The Morgan fingerprint density at radius 2 is 2.06 bits per heavy atom. The second-order valence-corrected chi connectivity index (χ2v) is 5.36. The summed E-state index contributed by atoms with van der Waals surface area (Å²) in [5.41, 5.74) is 1.40. The maximum atomic E-state index is 12.3. The summed E-state index contributed by atoms with van der Waals surface area (Å²) < 4.78 is 0. The molecule has 0 radical (unpaired) electrons. The molecule has 1 N–H and O–H groups in total. The molecular formula is C15H21NO2. The standard InChI is InChI=1S/C15H21NO2/c1-11-7-8-14(17)13(9-11)15(18)16(2)10-12-5-3-4-6-12/h7-9,12,17H,3-6,10H2,1-2H3. The van der Waals surface area contributed by atoms with Crippen LogP contribution in [-0.4, -0.2) is 29.5 Å². The molecule has 0 bridgehead atoms. The number of benzene rings is 1. The van der Waals surface area contributed by atoms with Crippen molar-refractivity contribution in [3.63, 3.8) is 0 Å². The van der Waals surface area contributed by atoms with Gasteiger partial charge in [0.25, 0.3) is 5.91 Å². The lowest BCUT2D eigenvalue weighted by Crippen LogP contribution is -2.31. The third-order valence-electron chi connectivity index (χ3n) is 3.74. The minimum Gasteiger partial charge on any atom is -0.507 e. The lowest BCUT2D eigenvalue weighted by Gasteiger charge is -2.21. The number of amides is 1. The van der Waals surface area contributed by atoms with E-state index in [9.17, 15) is 9.90 Å². The van der Waals surface area contributed by atoms with Crippen LogP contribution in [0.2, 0.25) is 0 Å². The van der Waals surface area contributed by atoms with E-state index in [0.29, 0.717) is 11.5 Å². The molecule has 1 amide bonds. The average Bonchev–Trinajstić information content (AvgIpc) is 2.84. The smallest absolute Gasteiger partial charge is 0.257 e. The van der Waals surface area contributed by atoms with Gasteiger partial charge in [-0.3, -0.25) is 4.79 Å². The number of carbonyl (C=O) groups excluding carboxylic acids is 1. The Hall–Kier alpha value is -1.51. The lowest BCUT2D eigenvalue weighted by atomic mass is 10.1. The number of hydrogen-bond donors (Lipinski definition) is 1. The van der Waals surface area contributed by atoms with Crippen molar-refractivity contribution in [2.75, 3.05) is 13.6 Å². The van der Waals surface area contributed by atoms with Gasteiger partial charge in [0.15, 0.2) is 0 Å². The SMILES string of the molecule is Cc1ccc(O)c(C(=O)N(C)CC2CCCC2)c1. The normalized spacial score (nSPS) is 15.9. The number of nitrogens with zero attached hydrogens (tertiary/aromatic N) is 1. The first-order valence-electron chi connectivity index (χ1n) is 6.63. The van der Waals surface area contributed by atoms with Crippen LogP contribution < -0.4 is 0 Å². The van der Waals surface area contributed by atoms with Crippen LogP contribution in [0, 0.1) is 12.8 Å². The van der Waals surface area contributed by atoms with E-state index in [1.165, 1.54) is 25.7 Å². The van der Waals surface area contributed by atoms with Crippen LogP contribution >= 0.6 is 0 Å². The third-order valence-corrected chi connectivity index (χ3v) is 3.74. The molecule has 2 rings (SSSR count). The van der Waals surface area contributed by atoms with E-state index < -0.39 is 0 Å². The number of aromatic hydroxyl groups is 1. The number of aryl methyl sites for hydroxylation is 1. The van der Waals surface area contributed by atoms with Gasteiger partial charge in [-0.2, -0.15) is 0 Å². The summed E-state index contributed by atoms with van der Waals surface area (Å²) >= 11 is 0. The van der Waals surface area contributed by atoms with Crippen LogP contribution in [0.5, 0.6) is 5.75 Å². The van der Waals surface area contributed by atoms with E-state index in [2.05, 4.69) is 0 Å². The third kappa shape index (κ3) is 2.84. The fourth-order valence-electron chi connectivity index (χ4n) is 2.69. The van der Waals surface area contributed by atoms with Gasteiger partial charge in [-0.1, -0.05) is 24.5 Å². The van der Waals surface area contributed by atoms with E-state index in [1.54, 1.807) is 17.0 Å². The van der Waals surface area contributed by atoms with Gasteiger partial charge in [0, 0.05) is 13.6 Å². The van der Waals surface area contributed by atoms with E-state index in [4.69, 9.17) is 0 Å². The Morgan fingerprint density at radius 3 is 2.72 bits per heavy atom. The minimum atomic E-state index is -0.0805. The molecule has 1 saturated carbocycles. The van der Waals surface area contributed by atoms with Crippen molar-refractivity contribution in [3.05, 3.63) is 29.3 Å². The minimum absolute atomic E-state index is 0.0730. The predicted molar refractivity (Wildman–Crippen MR) is 71.8 cm³/mol. The first kappa shape index (κ1) is 12.9. The second kappa shape index (κ2) is 5.42. The molecule has 1 fully saturated rings. The second-order valence-electron chi connectivity index (χ2n) is 5.36. The number of hydrogen-bond acceptors (Lipinski definition) is 2. The highest BCUT2D eigenvalue weighted by Gasteiger charge is 2.21. The summed E-state index contributed by atoms with van der Waals surface area (Å²) in [6, 6.07) is 5.15. The molecule has 1 aromatic carbocycles. The fourth-order valence-corrected chi connectivity index (χ4v) is 2.69. The van der Waals surface area contributed by atoms with Crippen molar-refractivity contribution in [2.45, 2.75) is 32.6 Å². The molecule has 98 valence electrons. The molecule has 18 heavy (non-hydrogen) atoms. The van der Waals surface area contributed by atoms with E-state index >= 15 is 0 Å². The maximum absolute atomic E-state index is 12.3. The van der Waals surface area contributed by atoms with Gasteiger partial charge in [-0.15, -0.1) is 0 Å². The largest absolute Gasteiger partial charge is 0.507 e. The van der Waals surface area contributed by atoms with Crippen LogP contribution in [-0.2, 0) is 0 Å². The fraction of sp³-hybridized carbons (Fsp3) is 0.533. The van der Waals surface area contributed by atoms with Crippen LogP contribution in [0.15, 0.2) is 18.2 Å². The highest BCUT2D eigenvalue weighted by molar-refractivity contribution is 5.96. The molecule has 0 atom stereocenters. The van der Waals surface area contributed by atoms with E-state index in [0.717, 1.165) is 12.1 Å². The molecule has 0 aliphatic heterocycles. The molecule has 0 spiro atoms. The molecule has 0 unspecified atom stereocenters. The quantitative estimate of drug-likeness (QED) is 0.892. The number of carbonyl (C=O) groups is 1. The molecule has 0 aromatic heterocycles. The molecular weight excluding hydrogens is 226 g/mol. The molecule has 3 nitrogen and oxygen atoms in total. The van der Waals surface area contributed by atoms with Crippen molar-refractivity contribution in [2.24, 2.45) is 5.92 Å². The summed E-state index contributed by atoms with van der Waals surface area (Å²) in [6.07, 6.45) is 5.00. The van der Waals surface area contributed by atoms with Gasteiger partial charge in [-0.25, -0.2) is 0 Å². The zero-order valence-corrected chi connectivity index (χ0v) is 11.1. The zero-order chi connectivity index (χ0) is 13.1. The maximum Gasteiger partial charge on any atom is 0.257 e. The van der Waals surface area contributed by atoms with Gasteiger partial charge in [0.2, 0.25) is 0 Å². The van der Waals surface area contributed by atoms with Crippen LogP contribution in [0.4, 0.5) is 0 Å². The Kier molecular flexibility index (Phi) is 3.90. The first-order valence-corrected chi connectivity index (χ1v) is 6.63. The lowest BCUT2D eigenvalue weighted by molar-refractivity contribution is 0.0770. The molecule has 0 saturated heterocycles. The van der Waals surface area contributed by atoms with Crippen molar-refractivity contribution >= 4 is 5.91 Å². The van der Waals surface area contributed by atoms with Crippen molar-refractivity contribution in [1.82, 2.24) is 4.90 Å². The van der Waals surface area contributed by atoms with Crippen LogP contribution in [0.3, 0.4) is 0 Å². The van der Waals surface area contributed by atoms with Crippen LogP contribution in [0.25, 0.3) is 0 Å². The molecule has 3 heteroatoms. The highest BCUT2D eigenvalue weighted by Crippen LogP contribution is 2.26. The van der Waals surface area contributed by atoms with E-state index in [1.807, 2.05) is 20.0 Å². The summed E-state index contributed by atoms with van der Waals surface area (Å²) in [7, 11) is 1.82. The van der Waals surface area contributed by atoms with Gasteiger partial charge in [0.05, 0.1) is 5.56 Å². The Bertz CT molecular complexity index is 436. The molecule has 0 heterocycles. The summed E-state index contributed by atoms with van der Waals surface area (Å²) in [6.45, 7) is 2.72. The van der Waals surface area contributed by atoms with Gasteiger partial charge in [-0.05, 0) is 37.8 Å². The van der Waals surface area contributed by atoms with E-state index in [-0.39, 0.29) is 11.7 Å². The zero-order valence-electron chi connectivity index (χ0n) is 11.1. The summed E-state index contributed by atoms with van der Waals surface area (Å²) in [5.74, 6) is 0.623.